The van der Waals surface area contributed by atoms with Crippen molar-refractivity contribution in [3.8, 4) is 6.07 Å². The van der Waals surface area contributed by atoms with Crippen LogP contribution in [-0.4, -0.2) is 5.91 Å². The van der Waals surface area contributed by atoms with Crippen LogP contribution in [0, 0.1) is 24.1 Å². The number of hydrogen-bond acceptors (Lipinski definition) is 2. The Kier molecular flexibility index (Phi) is 4.11. The molecule has 4 heteroatoms. The Labute approximate surface area is 116 Å². The van der Waals surface area contributed by atoms with E-state index in [1.165, 1.54) is 12.1 Å². The van der Waals surface area contributed by atoms with Crippen molar-refractivity contribution in [1.29, 1.82) is 5.26 Å². The van der Waals surface area contributed by atoms with E-state index in [0.29, 0.717) is 11.1 Å². The van der Waals surface area contributed by atoms with Crippen LogP contribution < -0.4 is 5.32 Å². The second kappa shape index (κ2) is 5.98. The summed E-state index contributed by atoms with van der Waals surface area (Å²) < 4.78 is 13.7. The fourth-order valence-corrected chi connectivity index (χ4v) is 1.86. The number of nitrogens with one attached hydrogen (secondary N) is 1. The zero-order valence-corrected chi connectivity index (χ0v) is 11.0. The van der Waals surface area contributed by atoms with Crippen molar-refractivity contribution in [2.75, 3.05) is 0 Å². The number of carbonyl (C=O) groups excluding carboxylic acids is 1. The van der Waals surface area contributed by atoms with E-state index in [9.17, 15) is 9.18 Å². The van der Waals surface area contributed by atoms with Crippen molar-refractivity contribution in [1.82, 2.24) is 5.32 Å². The van der Waals surface area contributed by atoms with Crippen LogP contribution in [-0.2, 0) is 6.54 Å². The molecule has 3 nitrogen and oxygen atoms in total. The maximum atomic E-state index is 13.7. The molecule has 0 saturated heterocycles. The lowest BCUT2D eigenvalue weighted by molar-refractivity contribution is 0.0950. The first-order chi connectivity index (χ1) is 9.61. The molecule has 0 spiro atoms. The van der Waals surface area contributed by atoms with Gasteiger partial charge >= 0.3 is 0 Å². The lowest BCUT2D eigenvalue weighted by atomic mass is 10.1. The van der Waals surface area contributed by atoms with Gasteiger partial charge in [-0.05, 0) is 30.7 Å². The molecule has 0 aliphatic rings. The summed E-state index contributed by atoms with van der Waals surface area (Å²) in [5.41, 5.74) is 2.05. The Balaban J connectivity index is 2.08. The van der Waals surface area contributed by atoms with Gasteiger partial charge in [0.05, 0.1) is 11.6 Å². The summed E-state index contributed by atoms with van der Waals surface area (Å²) in [5.74, 6) is -0.735. The van der Waals surface area contributed by atoms with Gasteiger partial charge in [0, 0.05) is 17.7 Å². The number of aryl methyl sites for hydroxylation is 1. The first-order valence-electron chi connectivity index (χ1n) is 6.14. The monoisotopic (exact) mass is 268 g/mol. The molecule has 0 aliphatic carbocycles. The Bertz CT molecular complexity index is 689. The van der Waals surface area contributed by atoms with E-state index in [1.54, 1.807) is 12.1 Å². The SMILES string of the molecule is Cc1ccccc1C(=O)NCc1ccc(C#N)cc1F. The fraction of sp³-hybridized carbons (Fsp3) is 0.125. The highest BCUT2D eigenvalue weighted by Crippen LogP contribution is 2.11. The van der Waals surface area contributed by atoms with Crippen LogP contribution in [0.1, 0.15) is 27.0 Å². The van der Waals surface area contributed by atoms with E-state index in [-0.39, 0.29) is 18.0 Å². The second-order valence-corrected chi connectivity index (χ2v) is 4.42. The number of benzene rings is 2. The summed E-state index contributed by atoms with van der Waals surface area (Å²) in [5, 5.41) is 11.3. The van der Waals surface area contributed by atoms with Crippen LogP contribution in [0.4, 0.5) is 4.39 Å². The molecular weight excluding hydrogens is 255 g/mol. The van der Waals surface area contributed by atoms with E-state index in [2.05, 4.69) is 5.32 Å². The predicted octanol–water partition coefficient (Wildman–Crippen LogP) is 2.94. The second-order valence-electron chi connectivity index (χ2n) is 4.42. The van der Waals surface area contributed by atoms with Crippen molar-refractivity contribution in [2.24, 2.45) is 0 Å². The molecule has 0 bridgehead atoms. The lowest BCUT2D eigenvalue weighted by Gasteiger charge is -2.08. The molecule has 0 aliphatic heterocycles. The van der Waals surface area contributed by atoms with Gasteiger partial charge in [0.25, 0.3) is 5.91 Å². The molecule has 0 saturated carbocycles. The first kappa shape index (κ1) is 13.8. The maximum absolute atomic E-state index is 13.7. The largest absolute Gasteiger partial charge is 0.348 e. The molecule has 0 unspecified atom stereocenters. The minimum atomic E-state index is -0.492. The number of nitrogens with zero attached hydrogens (tertiary/aromatic N) is 1. The Morgan fingerprint density at radius 3 is 2.70 bits per heavy atom. The molecule has 2 aromatic carbocycles. The van der Waals surface area contributed by atoms with Crippen LogP contribution in [0.5, 0.6) is 0 Å². The highest BCUT2D eigenvalue weighted by atomic mass is 19.1. The van der Waals surface area contributed by atoms with Crippen LogP contribution in [0.2, 0.25) is 0 Å². The topological polar surface area (TPSA) is 52.9 Å². The average Bonchev–Trinajstić information content (AvgIpc) is 2.46. The molecule has 1 amide bonds. The number of carbonyl (C=O) groups is 1. The number of nitriles is 1. The molecular formula is C16H13FN2O. The molecule has 0 aromatic heterocycles. The summed E-state index contributed by atoms with van der Waals surface area (Å²) >= 11 is 0. The van der Waals surface area contributed by atoms with Crippen LogP contribution in [0.25, 0.3) is 0 Å². The molecule has 2 rings (SSSR count). The van der Waals surface area contributed by atoms with Crippen LogP contribution in [0.15, 0.2) is 42.5 Å². The number of hydrogen-bond donors (Lipinski definition) is 1. The van der Waals surface area contributed by atoms with Crippen molar-refractivity contribution in [3.63, 3.8) is 0 Å². The standard InChI is InChI=1S/C16H13FN2O/c1-11-4-2-3-5-14(11)16(20)19-10-13-7-6-12(9-18)8-15(13)17/h2-8H,10H2,1H3,(H,19,20). The van der Waals surface area contributed by atoms with Gasteiger partial charge in [0.2, 0.25) is 0 Å². The number of rotatable bonds is 3. The molecule has 1 N–H and O–H groups in total. The molecule has 0 atom stereocenters. The zero-order valence-electron chi connectivity index (χ0n) is 11.0. The van der Waals surface area contributed by atoms with Gasteiger partial charge in [0.1, 0.15) is 5.82 Å². The van der Waals surface area contributed by atoms with Gasteiger partial charge in [-0.2, -0.15) is 5.26 Å². The zero-order chi connectivity index (χ0) is 14.5. The lowest BCUT2D eigenvalue weighted by Crippen LogP contribution is -2.24. The van der Waals surface area contributed by atoms with E-state index >= 15 is 0 Å². The summed E-state index contributed by atoms with van der Waals surface area (Å²) in [6.45, 7) is 1.93. The summed E-state index contributed by atoms with van der Waals surface area (Å²) in [4.78, 5) is 12.0. The highest BCUT2D eigenvalue weighted by Gasteiger charge is 2.09. The summed E-state index contributed by atoms with van der Waals surface area (Å²) in [6.07, 6.45) is 0. The fourth-order valence-electron chi connectivity index (χ4n) is 1.86. The van der Waals surface area contributed by atoms with Gasteiger partial charge in [-0.3, -0.25) is 4.79 Å². The molecule has 0 radical (unpaired) electrons. The molecule has 20 heavy (non-hydrogen) atoms. The van der Waals surface area contributed by atoms with Gasteiger partial charge in [0.15, 0.2) is 0 Å². The number of amides is 1. The minimum absolute atomic E-state index is 0.0880. The minimum Gasteiger partial charge on any atom is -0.348 e. The molecule has 100 valence electrons. The van der Waals surface area contributed by atoms with Crippen molar-refractivity contribution >= 4 is 5.91 Å². The van der Waals surface area contributed by atoms with Crippen LogP contribution >= 0.6 is 0 Å². The first-order valence-corrected chi connectivity index (χ1v) is 6.14. The third-order valence-electron chi connectivity index (χ3n) is 3.01. The number of halogens is 1. The van der Waals surface area contributed by atoms with Crippen molar-refractivity contribution in [2.45, 2.75) is 13.5 Å². The van der Waals surface area contributed by atoms with Gasteiger partial charge < -0.3 is 5.32 Å². The van der Waals surface area contributed by atoms with Gasteiger partial charge in [-0.25, -0.2) is 4.39 Å². The Hall–Kier alpha value is -2.67. The Morgan fingerprint density at radius 2 is 2.05 bits per heavy atom. The van der Waals surface area contributed by atoms with Gasteiger partial charge in [-0.1, -0.05) is 24.3 Å². The summed E-state index contributed by atoms with van der Waals surface area (Å²) in [7, 11) is 0. The van der Waals surface area contributed by atoms with Gasteiger partial charge in [-0.15, -0.1) is 0 Å². The quantitative estimate of drug-likeness (QED) is 0.930. The predicted molar refractivity (Wildman–Crippen MR) is 73.5 cm³/mol. The van der Waals surface area contributed by atoms with E-state index < -0.39 is 5.82 Å². The van der Waals surface area contributed by atoms with Crippen molar-refractivity contribution in [3.05, 3.63) is 70.5 Å². The van der Waals surface area contributed by atoms with E-state index in [0.717, 1.165) is 11.6 Å². The molecule has 0 fully saturated rings. The highest BCUT2D eigenvalue weighted by molar-refractivity contribution is 5.95. The normalized spacial score (nSPS) is 9.85. The Morgan fingerprint density at radius 1 is 1.30 bits per heavy atom. The van der Waals surface area contributed by atoms with Crippen LogP contribution in [0.3, 0.4) is 0 Å². The smallest absolute Gasteiger partial charge is 0.251 e. The van der Waals surface area contributed by atoms with Crippen molar-refractivity contribution < 1.29 is 9.18 Å². The van der Waals surface area contributed by atoms with E-state index in [1.807, 2.05) is 25.1 Å². The maximum Gasteiger partial charge on any atom is 0.251 e. The summed E-state index contributed by atoms with van der Waals surface area (Å²) in [6, 6.07) is 13.3. The molecule has 0 heterocycles. The third kappa shape index (κ3) is 3.01. The van der Waals surface area contributed by atoms with E-state index in [4.69, 9.17) is 5.26 Å². The third-order valence-corrected chi connectivity index (χ3v) is 3.01. The molecule has 2 aromatic rings. The average molecular weight is 268 g/mol.